The molecule has 0 aromatic carbocycles. The molecule has 0 aliphatic rings. The molecule has 0 heterocycles. The summed E-state index contributed by atoms with van der Waals surface area (Å²) < 4.78 is 17.1. The van der Waals surface area contributed by atoms with E-state index in [0.29, 0.717) is 19.3 Å². The summed E-state index contributed by atoms with van der Waals surface area (Å²) in [5.74, 6) is 0. The second-order valence-electron chi connectivity index (χ2n) is 6.08. The molecule has 0 rings (SSSR count). The molecule has 4 heteroatoms. The molecule has 0 amide bonds. The van der Waals surface area contributed by atoms with Gasteiger partial charge in [0, 0.05) is 0 Å². The van der Waals surface area contributed by atoms with Crippen LogP contribution < -0.4 is 0 Å². The SMILES string of the molecule is CCCCCCC(C)OC(C)COC(C)COC(C)CO. The Kier molecular flexibility index (Phi) is 13.4. The van der Waals surface area contributed by atoms with E-state index in [-0.39, 0.29) is 24.9 Å². The van der Waals surface area contributed by atoms with E-state index in [4.69, 9.17) is 19.3 Å². The minimum absolute atomic E-state index is 0.0184. The second-order valence-corrected chi connectivity index (χ2v) is 6.08. The van der Waals surface area contributed by atoms with Gasteiger partial charge in [0.15, 0.2) is 0 Å². The molecule has 0 aliphatic carbocycles. The number of aliphatic hydroxyl groups excluding tert-OH is 1. The molecule has 4 nitrogen and oxygen atoms in total. The quantitative estimate of drug-likeness (QED) is 0.499. The fraction of sp³-hybridized carbons (Fsp3) is 1.00. The normalized spacial score (nSPS) is 17.4. The van der Waals surface area contributed by atoms with Crippen LogP contribution in [0, 0.1) is 0 Å². The third kappa shape index (κ3) is 13.2. The Morgan fingerprint density at radius 3 is 2.00 bits per heavy atom. The molecule has 0 saturated carbocycles. The molecule has 21 heavy (non-hydrogen) atoms. The highest BCUT2D eigenvalue weighted by Crippen LogP contribution is 2.10. The standard InChI is InChI=1S/C17H36O4/c1-6-7-8-9-10-14(2)21-17(5)13-20-16(4)12-19-15(3)11-18/h14-18H,6-13H2,1-5H3. The average molecular weight is 304 g/mol. The first kappa shape index (κ1) is 20.8. The second kappa shape index (κ2) is 13.5. The van der Waals surface area contributed by atoms with Crippen LogP contribution in [0.15, 0.2) is 0 Å². The fourth-order valence-corrected chi connectivity index (χ4v) is 2.06. The van der Waals surface area contributed by atoms with E-state index in [1.54, 1.807) is 0 Å². The summed E-state index contributed by atoms with van der Waals surface area (Å²) in [5, 5.41) is 8.88. The summed E-state index contributed by atoms with van der Waals surface area (Å²) in [6.45, 7) is 11.4. The van der Waals surface area contributed by atoms with E-state index in [1.807, 2.05) is 20.8 Å². The first-order valence-electron chi connectivity index (χ1n) is 8.49. The lowest BCUT2D eigenvalue weighted by Gasteiger charge is -2.22. The van der Waals surface area contributed by atoms with Crippen molar-refractivity contribution in [3.8, 4) is 0 Å². The van der Waals surface area contributed by atoms with E-state index in [1.165, 1.54) is 25.7 Å². The molecule has 0 saturated heterocycles. The molecule has 4 atom stereocenters. The molecule has 0 aromatic heterocycles. The Morgan fingerprint density at radius 2 is 1.38 bits per heavy atom. The monoisotopic (exact) mass is 304 g/mol. The zero-order valence-corrected chi connectivity index (χ0v) is 14.6. The Labute approximate surface area is 131 Å². The van der Waals surface area contributed by atoms with Crippen LogP contribution in [0.5, 0.6) is 0 Å². The number of ether oxygens (including phenoxy) is 3. The Balaban J connectivity index is 3.61. The van der Waals surface area contributed by atoms with Crippen molar-refractivity contribution in [2.24, 2.45) is 0 Å². The maximum atomic E-state index is 8.88. The van der Waals surface area contributed by atoms with E-state index in [9.17, 15) is 0 Å². The van der Waals surface area contributed by atoms with Crippen LogP contribution in [0.1, 0.15) is 66.7 Å². The minimum atomic E-state index is -0.132. The Bertz CT molecular complexity index is 223. The number of unbranched alkanes of at least 4 members (excludes halogenated alkanes) is 3. The maximum absolute atomic E-state index is 8.88. The van der Waals surface area contributed by atoms with E-state index >= 15 is 0 Å². The van der Waals surface area contributed by atoms with Gasteiger partial charge in [0.25, 0.3) is 0 Å². The van der Waals surface area contributed by atoms with Gasteiger partial charge in [-0.3, -0.25) is 0 Å². The van der Waals surface area contributed by atoms with Gasteiger partial charge in [0.2, 0.25) is 0 Å². The zero-order valence-electron chi connectivity index (χ0n) is 14.6. The molecule has 0 aliphatic heterocycles. The third-order valence-electron chi connectivity index (χ3n) is 3.42. The van der Waals surface area contributed by atoms with Crippen molar-refractivity contribution in [2.45, 2.75) is 91.1 Å². The summed E-state index contributed by atoms with van der Waals surface area (Å²) in [7, 11) is 0. The summed E-state index contributed by atoms with van der Waals surface area (Å²) in [5.41, 5.74) is 0. The molecule has 0 aromatic rings. The number of hydrogen-bond donors (Lipinski definition) is 1. The van der Waals surface area contributed by atoms with Crippen LogP contribution in [0.4, 0.5) is 0 Å². The first-order valence-corrected chi connectivity index (χ1v) is 8.49. The van der Waals surface area contributed by atoms with Gasteiger partial charge >= 0.3 is 0 Å². The van der Waals surface area contributed by atoms with Crippen LogP contribution in [-0.4, -0.2) is 49.3 Å². The summed E-state index contributed by atoms with van der Waals surface area (Å²) >= 11 is 0. The van der Waals surface area contributed by atoms with Gasteiger partial charge in [-0.15, -0.1) is 0 Å². The van der Waals surface area contributed by atoms with Crippen LogP contribution in [0.25, 0.3) is 0 Å². The molecule has 0 radical (unpaired) electrons. The van der Waals surface area contributed by atoms with Crippen molar-refractivity contribution in [1.82, 2.24) is 0 Å². The largest absolute Gasteiger partial charge is 0.394 e. The van der Waals surface area contributed by atoms with Crippen molar-refractivity contribution >= 4 is 0 Å². The topological polar surface area (TPSA) is 47.9 Å². The predicted molar refractivity (Wildman–Crippen MR) is 86.7 cm³/mol. The van der Waals surface area contributed by atoms with Crippen molar-refractivity contribution in [2.75, 3.05) is 19.8 Å². The predicted octanol–water partition coefficient (Wildman–Crippen LogP) is 3.55. The average Bonchev–Trinajstić information content (AvgIpc) is 2.47. The van der Waals surface area contributed by atoms with Gasteiger partial charge in [-0.1, -0.05) is 32.6 Å². The lowest BCUT2D eigenvalue weighted by atomic mass is 10.1. The first-order chi connectivity index (χ1) is 9.99. The lowest BCUT2D eigenvalue weighted by Crippen LogP contribution is -2.27. The molecule has 1 N–H and O–H groups in total. The number of hydrogen-bond acceptors (Lipinski definition) is 4. The van der Waals surface area contributed by atoms with Gasteiger partial charge < -0.3 is 19.3 Å². The van der Waals surface area contributed by atoms with Gasteiger partial charge in [-0.05, 0) is 34.1 Å². The smallest absolute Gasteiger partial charge is 0.0784 e. The zero-order chi connectivity index (χ0) is 16.1. The molecule has 0 fully saturated rings. The summed E-state index contributed by atoms with van der Waals surface area (Å²) in [6.07, 6.45) is 6.53. The third-order valence-corrected chi connectivity index (χ3v) is 3.42. The fourth-order valence-electron chi connectivity index (χ4n) is 2.06. The van der Waals surface area contributed by atoms with E-state index in [2.05, 4.69) is 13.8 Å². The van der Waals surface area contributed by atoms with Gasteiger partial charge in [-0.2, -0.15) is 0 Å². The highest BCUT2D eigenvalue weighted by molar-refractivity contribution is 4.58. The maximum Gasteiger partial charge on any atom is 0.0784 e. The number of rotatable bonds is 14. The molecule has 0 spiro atoms. The highest BCUT2D eigenvalue weighted by atomic mass is 16.6. The Morgan fingerprint density at radius 1 is 0.762 bits per heavy atom. The highest BCUT2D eigenvalue weighted by Gasteiger charge is 2.12. The van der Waals surface area contributed by atoms with Crippen molar-refractivity contribution in [1.29, 1.82) is 0 Å². The Hall–Kier alpha value is -0.160. The molecule has 4 unspecified atom stereocenters. The minimum Gasteiger partial charge on any atom is -0.394 e. The van der Waals surface area contributed by atoms with Gasteiger partial charge in [0.05, 0.1) is 44.2 Å². The molecular weight excluding hydrogens is 268 g/mol. The van der Waals surface area contributed by atoms with Gasteiger partial charge in [0.1, 0.15) is 0 Å². The number of aliphatic hydroxyl groups is 1. The molecule has 128 valence electrons. The van der Waals surface area contributed by atoms with Crippen molar-refractivity contribution in [3.63, 3.8) is 0 Å². The van der Waals surface area contributed by atoms with Crippen LogP contribution >= 0.6 is 0 Å². The molecule has 0 bridgehead atoms. The summed E-state index contributed by atoms with van der Waals surface area (Å²) in [4.78, 5) is 0. The van der Waals surface area contributed by atoms with Crippen LogP contribution in [0.3, 0.4) is 0 Å². The van der Waals surface area contributed by atoms with E-state index in [0.717, 1.165) is 6.42 Å². The van der Waals surface area contributed by atoms with E-state index < -0.39 is 0 Å². The summed E-state index contributed by atoms with van der Waals surface area (Å²) in [6, 6.07) is 0. The van der Waals surface area contributed by atoms with Crippen LogP contribution in [-0.2, 0) is 14.2 Å². The lowest BCUT2D eigenvalue weighted by molar-refractivity contribution is -0.0879. The van der Waals surface area contributed by atoms with Crippen molar-refractivity contribution < 1.29 is 19.3 Å². The van der Waals surface area contributed by atoms with Crippen molar-refractivity contribution in [3.05, 3.63) is 0 Å². The molecular formula is C17H36O4. The van der Waals surface area contributed by atoms with Gasteiger partial charge in [-0.25, -0.2) is 0 Å². The van der Waals surface area contributed by atoms with Crippen LogP contribution in [0.2, 0.25) is 0 Å².